The quantitative estimate of drug-likeness (QED) is 0.672. The predicted molar refractivity (Wildman–Crippen MR) is 87.2 cm³/mol. The van der Waals surface area contributed by atoms with E-state index in [1.54, 1.807) is 0 Å². The molecule has 0 bridgehead atoms. The van der Waals surface area contributed by atoms with E-state index in [9.17, 15) is 0 Å². The van der Waals surface area contributed by atoms with Crippen LogP contribution in [0.15, 0.2) is 48.5 Å². The van der Waals surface area contributed by atoms with Crippen molar-refractivity contribution < 1.29 is 0 Å². The molecule has 0 aromatic heterocycles. The van der Waals surface area contributed by atoms with Gasteiger partial charge in [0.05, 0.1) is 0 Å². The molecule has 1 nitrogen and oxygen atoms in total. The molecule has 0 heterocycles. The van der Waals surface area contributed by atoms with Gasteiger partial charge in [-0.05, 0) is 36.2 Å². The van der Waals surface area contributed by atoms with Gasteiger partial charge in [0.1, 0.15) is 0 Å². The summed E-state index contributed by atoms with van der Waals surface area (Å²) in [5.74, 6) is 0. The summed E-state index contributed by atoms with van der Waals surface area (Å²) in [6.45, 7) is 4.06. The second-order valence-corrected chi connectivity index (χ2v) is 5.40. The van der Waals surface area contributed by atoms with Gasteiger partial charge in [0.15, 0.2) is 0 Å². The number of alkyl halides is 1. The van der Waals surface area contributed by atoms with E-state index in [0.717, 1.165) is 23.4 Å². The van der Waals surface area contributed by atoms with Crippen LogP contribution in [0.25, 0.3) is 0 Å². The first-order valence-corrected chi connectivity index (χ1v) is 7.87. The van der Waals surface area contributed by atoms with Crippen LogP contribution in [0.5, 0.6) is 0 Å². The van der Waals surface area contributed by atoms with Gasteiger partial charge in [0.25, 0.3) is 0 Å². The summed E-state index contributed by atoms with van der Waals surface area (Å²) in [6.07, 6.45) is 0. The van der Waals surface area contributed by atoms with Crippen LogP contribution in [0.1, 0.15) is 18.1 Å². The van der Waals surface area contributed by atoms with Gasteiger partial charge in [0.2, 0.25) is 0 Å². The zero-order valence-corrected chi connectivity index (χ0v) is 13.3. The zero-order valence-electron chi connectivity index (χ0n) is 10.9. The highest BCUT2D eigenvalue weighted by Crippen LogP contribution is 2.27. The van der Waals surface area contributed by atoms with Gasteiger partial charge >= 0.3 is 0 Å². The van der Waals surface area contributed by atoms with Crippen LogP contribution in [-0.4, -0.2) is 6.54 Å². The van der Waals surface area contributed by atoms with E-state index < -0.39 is 0 Å². The van der Waals surface area contributed by atoms with Crippen molar-refractivity contribution in [3.05, 3.63) is 64.7 Å². The first kappa shape index (κ1) is 14.4. The van der Waals surface area contributed by atoms with E-state index in [2.05, 4.69) is 58.1 Å². The summed E-state index contributed by atoms with van der Waals surface area (Å²) < 4.78 is 0. The molecule has 0 N–H and O–H groups in total. The first-order valence-electron chi connectivity index (χ1n) is 6.38. The van der Waals surface area contributed by atoms with Crippen molar-refractivity contribution in [1.82, 2.24) is 0 Å². The third-order valence-corrected chi connectivity index (χ3v) is 3.96. The van der Waals surface area contributed by atoms with Crippen molar-refractivity contribution in [2.24, 2.45) is 0 Å². The highest BCUT2D eigenvalue weighted by atomic mass is 79.9. The fraction of sp³-hybridized carbons (Fsp3) is 0.250. The molecule has 0 saturated carbocycles. The largest absolute Gasteiger partial charge is 0.367 e. The minimum atomic E-state index is 0.786. The van der Waals surface area contributed by atoms with Crippen LogP contribution >= 0.6 is 27.5 Å². The molecule has 100 valence electrons. The summed E-state index contributed by atoms with van der Waals surface area (Å²) in [5, 5.41) is 1.60. The van der Waals surface area contributed by atoms with Gasteiger partial charge in [0, 0.05) is 29.1 Å². The fourth-order valence-electron chi connectivity index (χ4n) is 2.14. The molecule has 0 radical (unpaired) electrons. The van der Waals surface area contributed by atoms with Gasteiger partial charge in [-0.25, -0.2) is 0 Å². The summed E-state index contributed by atoms with van der Waals surface area (Å²) in [6, 6.07) is 16.6. The Balaban J connectivity index is 2.27. The second kappa shape index (κ2) is 6.97. The Kier molecular flexibility index (Phi) is 5.29. The van der Waals surface area contributed by atoms with E-state index in [0.29, 0.717) is 0 Å². The Morgan fingerprint density at radius 2 is 1.84 bits per heavy atom. The van der Waals surface area contributed by atoms with Crippen molar-refractivity contribution >= 4 is 33.2 Å². The highest BCUT2D eigenvalue weighted by molar-refractivity contribution is 9.08. The lowest BCUT2D eigenvalue weighted by molar-refractivity contribution is 0.827. The summed E-state index contributed by atoms with van der Waals surface area (Å²) in [5.41, 5.74) is 3.79. The van der Waals surface area contributed by atoms with Gasteiger partial charge in [-0.3, -0.25) is 0 Å². The van der Waals surface area contributed by atoms with Crippen LogP contribution < -0.4 is 4.90 Å². The Morgan fingerprint density at radius 1 is 1.11 bits per heavy atom. The van der Waals surface area contributed by atoms with E-state index in [1.165, 1.54) is 16.8 Å². The summed E-state index contributed by atoms with van der Waals surface area (Å²) in [7, 11) is 0. The molecule has 0 saturated heterocycles. The Labute approximate surface area is 128 Å². The SMILES string of the molecule is CCN(Cc1ccccc1)c1ccc(Cl)cc1CBr. The maximum absolute atomic E-state index is 6.06. The molecule has 3 heteroatoms. The topological polar surface area (TPSA) is 3.24 Å². The first-order chi connectivity index (χ1) is 9.24. The van der Waals surface area contributed by atoms with Crippen LogP contribution in [-0.2, 0) is 11.9 Å². The molecule has 19 heavy (non-hydrogen) atoms. The van der Waals surface area contributed by atoms with Crippen molar-refractivity contribution in [1.29, 1.82) is 0 Å². The molecule has 0 amide bonds. The number of rotatable bonds is 5. The average molecular weight is 339 g/mol. The Hall–Kier alpha value is -0.990. The number of hydrogen-bond acceptors (Lipinski definition) is 1. The standard InChI is InChI=1S/C16H17BrClN/c1-2-19(12-13-6-4-3-5-7-13)16-9-8-15(18)10-14(16)11-17/h3-10H,2,11-12H2,1H3. The maximum Gasteiger partial charge on any atom is 0.0429 e. The van der Waals surface area contributed by atoms with E-state index in [1.807, 2.05) is 18.2 Å². The predicted octanol–water partition coefficient (Wildman–Crippen LogP) is 5.26. The number of anilines is 1. The molecule has 0 aliphatic rings. The maximum atomic E-state index is 6.06. The highest BCUT2D eigenvalue weighted by Gasteiger charge is 2.10. The van der Waals surface area contributed by atoms with Crippen molar-refractivity contribution in [2.45, 2.75) is 18.8 Å². The normalized spacial score (nSPS) is 10.5. The number of halogens is 2. The molecule has 0 unspecified atom stereocenters. The van der Waals surface area contributed by atoms with Gasteiger partial charge in [-0.2, -0.15) is 0 Å². The molecule has 0 aliphatic carbocycles. The zero-order chi connectivity index (χ0) is 13.7. The molecule has 2 aromatic carbocycles. The molecule has 0 aliphatic heterocycles. The third-order valence-electron chi connectivity index (χ3n) is 3.12. The van der Waals surface area contributed by atoms with Gasteiger partial charge < -0.3 is 4.90 Å². The second-order valence-electron chi connectivity index (χ2n) is 4.41. The summed E-state index contributed by atoms with van der Waals surface area (Å²) >= 11 is 9.60. The smallest absolute Gasteiger partial charge is 0.0429 e. The molecule has 0 fully saturated rings. The van der Waals surface area contributed by atoms with Gasteiger partial charge in [-0.15, -0.1) is 0 Å². The average Bonchev–Trinajstić information content (AvgIpc) is 2.46. The van der Waals surface area contributed by atoms with E-state index in [4.69, 9.17) is 11.6 Å². The van der Waals surface area contributed by atoms with Crippen LogP contribution in [0.3, 0.4) is 0 Å². The van der Waals surface area contributed by atoms with Crippen molar-refractivity contribution in [3.8, 4) is 0 Å². The summed E-state index contributed by atoms with van der Waals surface area (Å²) in [4.78, 5) is 2.36. The lowest BCUT2D eigenvalue weighted by Gasteiger charge is -2.25. The molecule has 0 spiro atoms. The molecule has 0 atom stereocenters. The van der Waals surface area contributed by atoms with Crippen molar-refractivity contribution in [3.63, 3.8) is 0 Å². The Bertz CT molecular complexity index is 528. The lowest BCUT2D eigenvalue weighted by Crippen LogP contribution is -2.23. The van der Waals surface area contributed by atoms with E-state index >= 15 is 0 Å². The van der Waals surface area contributed by atoms with Crippen molar-refractivity contribution in [2.75, 3.05) is 11.4 Å². The third kappa shape index (κ3) is 3.74. The monoisotopic (exact) mass is 337 g/mol. The minimum Gasteiger partial charge on any atom is -0.367 e. The fourth-order valence-corrected chi connectivity index (χ4v) is 2.78. The lowest BCUT2D eigenvalue weighted by atomic mass is 10.1. The molecular formula is C16H17BrClN. The van der Waals surface area contributed by atoms with Crippen LogP contribution in [0, 0.1) is 0 Å². The van der Waals surface area contributed by atoms with Crippen LogP contribution in [0.2, 0.25) is 5.02 Å². The molecule has 2 rings (SSSR count). The Morgan fingerprint density at radius 3 is 2.47 bits per heavy atom. The van der Waals surface area contributed by atoms with Crippen LogP contribution in [0.4, 0.5) is 5.69 Å². The van der Waals surface area contributed by atoms with Gasteiger partial charge in [-0.1, -0.05) is 57.9 Å². The number of nitrogens with zero attached hydrogens (tertiary/aromatic N) is 1. The molecular weight excluding hydrogens is 322 g/mol. The molecule has 2 aromatic rings. The number of benzene rings is 2. The minimum absolute atomic E-state index is 0.786. The number of hydrogen-bond donors (Lipinski definition) is 0. The van der Waals surface area contributed by atoms with E-state index in [-0.39, 0.29) is 0 Å².